The molecular weight excluding hydrogens is 478 g/mol. The van der Waals surface area contributed by atoms with Crippen molar-refractivity contribution in [3.05, 3.63) is 69.2 Å². The summed E-state index contributed by atoms with van der Waals surface area (Å²) in [5, 5.41) is 3.79. The molecule has 0 radical (unpaired) electrons. The van der Waals surface area contributed by atoms with Gasteiger partial charge >= 0.3 is 6.18 Å². The summed E-state index contributed by atoms with van der Waals surface area (Å²) in [6, 6.07) is 8.56. The van der Waals surface area contributed by atoms with Gasteiger partial charge < -0.3 is 14.3 Å². The molecule has 0 aliphatic rings. The van der Waals surface area contributed by atoms with E-state index in [1.807, 2.05) is 26.0 Å². The van der Waals surface area contributed by atoms with E-state index < -0.39 is 11.7 Å². The van der Waals surface area contributed by atoms with Crippen molar-refractivity contribution in [2.45, 2.75) is 39.3 Å². The Bertz CT molecular complexity index is 941. The number of halogens is 5. The third kappa shape index (κ3) is 9.56. The number of rotatable bonds is 12. The van der Waals surface area contributed by atoms with Gasteiger partial charge in [0.1, 0.15) is 29.2 Å². The molecule has 0 fully saturated rings. The second kappa shape index (κ2) is 13.4. The molecule has 4 nitrogen and oxygen atoms in total. The molecule has 0 atom stereocenters. The highest BCUT2D eigenvalue weighted by atomic mass is 35.5. The van der Waals surface area contributed by atoms with Gasteiger partial charge in [-0.3, -0.25) is 0 Å². The summed E-state index contributed by atoms with van der Waals surface area (Å²) < 4.78 is 49.4. The van der Waals surface area contributed by atoms with Gasteiger partial charge in [0.25, 0.3) is 0 Å². The van der Waals surface area contributed by atoms with Crippen molar-refractivity contribution >= 4 is 29.4 Å². The summed E-state index contributed by atoms with van der Waals surface area (Å²) in [4.78, 5) is 5.18. The van der Waals surface area contributed by atoms with E-state index in [0.29, 0.717) is 18.8 Å². The quantitative estimate of drug-likeness (QED) is 0.171. The van der Waals surface area contributed by atoms with E-state index in [-0.39, 0.29) is 11.1 Å². The van der Waals surface area contributed by atoms with Crippen LogP contribution in [0.25, 0.3) is 0 Å². The Labute approximate surface area is 201 Å². The van der Waals surface area contributed by atoms with Gasteiger partial charge in [0.2, 0.25) is 0 Å². The molecule has 0 spiro atoms. The van der Waals surface area contributed by atoms with Crippen molar-refractivity contribution in [2.75, 3.05) is 19.8 Å². The Kier molecular flexibility index (Phi) is 10.9. The first-order valence-corrected chi connectivity index (χ1v) is 11.2. The fourth-order valence-electron chi connectivity index (χ4n) is 2.92. The standard InChI is InChI=1S/C24H26Cl2F3NO3/c1-3-19-15-21(31-13-10-22(25)26)14-17(2)23(19)32-11-4-5-12-33-30-16-18-6-8-20(9-7-18)24(27,28)29/h6-10,14-16H,3-5,11-13H2,1-2H3/b30-16+. The Morgan fingerprint density at radius 2 is 1.73 bits per heavy atom. The number of oxime groups is 1. The second-order valence-electron chi connectivity index (χ2n) is 7.13. The van der Waals surface area contributed by atoms with E-state index in [4.69, 9.17) is 37.5 Å². The summed E-state index contributed by atoms with van der Waals surface area (Å²) in [7, 11) is 0. The molecule has 0 saturated carbocycles. The van der Waals surface area contributed by atoms with Crippen molar-refractivity contribution in [3.8, 4) is 11.5 Å². The predicted molar refractivity (Wildman–Crippen MR) is 126 cm³/mol. The normalized spacial score (nSPS) is 11.5. The van der Waals surface area contributed by atoms with Crippen molar-refractivity contribution in [1.82, 2.24) is 0 Å². The van der Waals surface area contributed by atoms with Crippen LogP contribution >= 0.6 is 23.2 Å². The molecule has 0 saturated heterocycles. The molecule has 2 rings (SSSR count). The van der Waals surface area contributed by atoms with E-state index >= 15 is 0 Å². The van der Waals surface area contributed by atoms with Gasteiger partial charge in [0.05, 0.1) is 18.4 Å². The van der Waals surface area contributed by atoms with E-state index in [0.717, 1.165) is 54.0 Å². The van der Waals surface area contributed by atoms with Crippen LogP contribution in [-0.4, -0.2) is 26.0 Å². The monoisotopic (exact) mass is 503 g/mol. The third-order valence-corrected chi connectivity index (χ3v) is 4.89. The van der Waals surface area contributed by atoms with Crippen molar-refractivity contribution in [1.29, 1.82) is 0 Å². The Hall–Kier alpha value is -2.38. The zero-order valence-electron chi connectivity index (χ0n) is 18.4. The van der Waals surface area contributed by atoms with Gasteiger partial charge in [0, 0.05) is 0 Å². The molecular formula is C24H26Cl2F3NO3. The molecule has 2 aromatic carbocycles. The van der Waals surface area contributed by atoms with Gasteiger partial charge in [-0.25, -0.2) is 0 Å². The first-order chi connectivity index (χ1) is 15.7. The SMILES string of the molecule is CCc1cc(OCC=C(Cl)Cl)cc(C)c1OCCCCO/N=C/c1ccc(C(F)(F)F)cc1. The van der Waals surface area contributed by atoms with Gasteiger partial charge in [0.15, 0.2) is 0 Å². The predicted octanol–water partition coefficient (Wildman–Crippen LogP) is 7.48. The lowest BCUT2D eigenvalue weighted by Gasteiger charge is -2.15. The largest absolute Gasteiger partial charge is 0.493 e. The fourth-order valence-corrected chi connectivity index (χ4v) is 3.04. The summed E-state index contributed by atoms with van der Waals surface area (Å²) in [6.07, 6.45) is 0.879. The van der Waals surface area contributed by atoms with Crippen LogP contribution in [0.5, 0.6) is 11.5 Å². The number of aryl methyl sites for hydroxylation is 2. The van der Waals surface area contributed by atoms with Crippen molar-refractivity contribution < 1.29 is 27.5 Å². The van der Waals surface area contributed by atoms with E-state index in [2.05, 4.69) is 5.16 Å². The zero-order valence-corrected chi connectivity index (χ0v) is 19.9. The average molecular weight is 504 g/mol. The molecule has 0 heterocycles. The highest BCUT2D eigenvalue weighted by Crippen LogP contribution is 2.30. The number of nitrogens with zero attached hydrogens (tertiary/aromatic N) is 1. The number of benzene rings is 2. The highest BCUT2D eigenvalue weighted by Gasteiger charge is 2.29. The van der Waals surface area contributed by atoms with Crippen LogP contribution in [-0.2, 0) is 17.4 Å². The minimum atomic E-state index is -4.35. The fraction of sp³-hybridized carbons (Fsp3) is 0.375. The molecule has 0 amide bonds. The summed E-state index contributed by atoms with van der Waals surface area (Å²) in [5.74, 6) is 1.57. The topological polar surface area (TPSA) is 40.0 Å². The summed E-state index contributed by atoms with van der Waals surface area (Å²) in [6.45, 7) is 5.19. The van der Waals surface area contributed by atoms with Gasteiger partial charge in [-0.05, 0) is 73.2 Å². The Morgan fingerprint density at radius 3 is 2.36 bits per heavy atom. The minimum absolute atomic E-state index is 0.164. The van der Waals surface area contributed by atoms with Crippen LogP contribution in [0.15, 0.2) is 52.1 Å². The lowest BCUT2D eigenvalue weighted by molar-refractivity contribution is -0.137. The van der Waals surface area contributed by atoms with Crippen LogP contribution in [0.4, 0.5) is 13.2 Å². The van der Waals surface area contributed by atoms with Crippen LogP contribution in [0.3, 0.4) is 0 Å². The molecule has 9 heteroatoms. The van der Waals surface area contributed by atoms with E-state index in [1.165, 1.54) is 18.3 Å². The molecule has 180 valence electrons. The average Bonchev–Trinajstić information content (AvgIpc) is 2.75. The minimum Gasteiger partial charge on any atom is -0.493 e. The Balaban J connectivity index is 1.73. The summed E-state index contributed by atoms with van der Waals surface area (Å²) in [5.41, 5.74) is 1.85. The smallest absolute Gasteiger partial charge is 0.416 e. The molecule has 0 aliphatic heterocycles. The molecule has 0 aliphatic carbocycles. The molecule has 0 aromatic heterocycles. The first kappa shape index (κ1) is 26.9. The number of hydrogen-bond donors (Lipinski definition) is 0. The van der Waals surface area contributed by atoms with E-state index in [1.54, 1.807) is 6.08 Å². The number of alkyl halides is 3. The molecule has 33 heavy (non-hydrogen) atoms. The highest BCUT2D eigenvalue weighted by molar-refractivity contribution is 6.55. The number of ether oxygens (including phenoxy) is 2. The van der Waals surface area contributed by atoms with Crippen molar-refractivity contribution in [2.24, 2.45) is 5.16 Å². The number of unbranched alkanes of at least 4 members (excludes halogenated alkanes) is 1. The summed E-state index contributed by atoms with van der Waals surface area (Å²) >= 11 is 11.2. The van der Waals surface area contributed by atoms with Crippen LogP contribution in [0, 0.1) is 6.92 Å². The second-order valence-corrected chi connectivity index (χ2v) is 8.14. The van der Waals surface area contributed by atoms with Crippen LogP contribution < -0.4 is 9.47 Å². The molecule has 2 aromatic rings. The van der Waals surface area contributed by atoms with Crippen LogP contribution in [0.2, 0.25) is 0 Å². The first-order valence-electron chi connectivity index (χ1n) is 10.4. The maximum atomic E-state index is 12.5. The maximum Gasteiger partial charge on any atom is 0.416 e. The lowest BCUT2D eigenvalue weighted by atomic mass is 10.1. The maximum absolute atomic E-state index is 12.5. The van der Waals surface area contributed by atoms with Crippen molar-refractivity contribution in [3.63, 3.8) is 0 Å². The molecule has 0 unspecified atom stereocenters. The van der Waals surface area contributed by atoms with E-state index in [9.17, 15) is 13.2 Å². The van der Waals surface area contributed by atoms with Gasteiger partial charge in [-0.2, -0.15) is 13.2 Å². The zero-order chi connectivity index (χ0) is 24.3. The Morgan fingerprint density at radius 1 is 1.03 bits per heavy atom. The lowest BCUT2D eigenvalue weighted by Crippen LogP contribution is -2.04. The third-order valence-electron chi connectivity index (χ3n) is 4.58. The number of hydrogen-bond acceptors (Lipinski definition) is 4. The molecule has 0 bridgehead atoms. The van der Waals surface area contributed by atoms with Gasteiger partial charge in [-0.15, -0.1) is 0 Å². The van der Waals surface area contributed by atoms with Crippen LogP contribution in [0.1, 0.15) is 42.0 Å². The van der Waals surface area contributed by atoms with Gasteiger partial charge in [-0.1, -0.05) is 47.4 Å². The molecule has 0 N–H and O–H groups in total.